The Balaban J connectivity index is 2.15. The first kappa shape index (κ1) is 27.4. The second-order valence-electron chi connectivity index (χ2n) is 8.22. The Labute approximate surface area is 232 Å². The lowest BCUT2D eigenvalue weighted by molar-refractivity contribution is -0.138. The van der Waals surface area contributed by atoms with Crippen molar-refractivity contribution in [3.63, 3.8) is 0 Å². The Morgan fingerprint density at radius 1 is 0.816 bits per heavy atom. The number of esters is 1. The second kappa shape index (κ2) is 12.8. The fourth-order valence-electron chi connectivity index (χ4n) is 4.26. The highest BCUT2D eigenvalue weighted by molar-refractivity contribution is 9.10. The van der Waals surface area contributed by atoms with Crippen LogP contribution in [0.2, 0.25) is 0 Å². The van der Waals surface area contributed by atoms with Crippen LogP contribution in [0.25, 0.3) is 6.08 Å². The van der Waals surface area contributed by atoms with Crippen LogP contribution in [-0.4, -0.2) is 26.8 Å². The molecule has 4 aromatic carbocycles. The summed E-state index contributed by atoms with van der Waals surface area (Å²) in [7, 11) is 0.437. The Bertz CT molecular complexity index is 1370. The van der Waals surface area contributed by atoms with Crippen LogP contribution in [0.5, 0.6) is 11.5 Å². The molecule has 0 saturated carbocycles. The molecule has 0 heterocycles. The van der Waals surface area contributed by atoms with E-state index < -0.39 is 13.0 Å². The number of methoxy groups -OCH3 is 2. The Morgan fingerprint density at radius 3 is 1.74 bits per heavy atom. The largest absolute Gasteiger partial charge is 0.493 e. The Kier molecular flexibility index (Phi) is 9.22. The maximum atomic E-state index is 13.5. The van der Waals surface area contributed by atoms with Gasteiger partial charge in [-0.25, -0.2) is 9.54 Å². The van der Waals surface area contributed by atoms with Crippen LogP contribution < -0.4 is 25.4 Å². The number of ether oxygens (including phenoxy) is 3. The monoisotopic (exact) mass is 589 g/mol. The van der Waals surface area contributed by atoms with Gasteiger partial charge in [0.05, 0.1) is 27.9 Å². The highest BCUT2D eigenvalue weighted by atomic mass is 79.9. The van der Waals surface area contributed by atoms with E-state index >= 15 is 0 Å². The van der Waals surface area contributed by atoms with Crippen molar-refractivity contribution in [3.05, 3.63) is 119 Å². The number of carbonyl (C=O) groups is 1. The van der Waals surface area contributed by atoms with Crippen LogP contribution in [0.4, 0.5) is 0 Å². The van der Waals surface area contributed by atoms with E-state index in [9.17, 15) is 4.79 Å². The molecule has 38 heavy (non-hydrogen) atoms. The Hall–Kier alpha value is -3.60. The molecule has 4 aromatic rings. The highest BCUT2D eigenvalue weighted by Gasteiger charge is 2.29. The lowest BCUT2D eigenvalue weighted by Crippen LogP contribution is -2.26. The molecule has 0 fully saturated rings. The molecule has 0 spiro atoms. The van der Waals surface area contributed by atoms with Crippen molar-refractivity contribution in [2.75, 3.05) is 20.8 Å². The summed E-state index contributed by atoms with van der Waals surface area (Å²) in [6.45, 7) is 2.00. The van der Waals surface area contributed by atoms with Gasteiger partial charge < -0.3 is 14.2 Å². The molecule has 0 aromatic heterocycles. The van der Waals surface area contributed by atoms with Gasteiger partial charge in [-0.15, -0.1) is 0 Å². The smallest absolute Gasteiger partial charge is 0.356 e. The van der Waals surface area contributed by atoms with E-state index in [1.807, 2.05) is 66.7 Å². The molecule has 0 amide bonds. The predicted octanol–water partition coefficient (Wildman–Crippen LogP) is 6.55. The van der Waals surface area contributed by atoms with Crippen molar-refractivity contribution >= 4 is 50.9 Å². The predicted molar refractivity (Wildman–Crippen MR) is 159 cm³/mol. The first-order valence-corrected chi connectivity index (χ1v) is 14.7. The molecule has 0 unspecified atom stereocenters. The average molecular weight is 590 g/mol. The minimum Gasteiger partial charge on any atom is -0.493 e. The third-order valence-electron chi connectivity index (χ3n) is 5.90. The normalized spacial score (nSPS) is 11.5. The molecular formula is C31H29BrNO4P. The standard InChI is InChI=1S/C31H29BrNO4P/c1-4-37-31(34)28(21-23-20-24(32)22-29(35-2)30(23)36-3)33-38(25-14-8-5-9-15-25,26-16-10-6-11-17-26)27-18-12-7-13-19-27/h5-22H,4H2,1-3H3/b28-21+. The molecule has 0 atom stereocenters. The summed E-state index contributed by atoms with van der Waals surface area (Å²) in [6, 6.07) is 34.1. The summed E-state index contributed by atoms with van der Waals surface area (Å²) in [5, 5.41) is 3.06. The molecule has 0 aliphatic rings. The van der Waals surface area contributed by atoms with Gasteiger partial charge in [-0.3, -0.25) is 0 Å². The zero-order valence-electron chi connectivity index (χ0n) is 21.5. The molecule has 0 N–H and O–H groups in total. The summed E-state index contributed by atoms with van der Waals surface area (Å²) in [5.41, 5.74) is 0.827. The number of benzene rings is 4. The number of hydrogen-bond donors (Lipinski definition) is 0. The molecule has 5 nitrogen and oxygen atoms in total. The van der Waals surface area contributed by atoms with Crippen LogP contribution in [0.1, 0.15) is 12.5 Å². The highest BCUT2D eigenvalue weighted by Crippen LogP contribution is 2.48. The maximum absolute atomic E-state index is 13.5. The third kappa shape index (κ3) is 5.77. The summed E-state index contributed by atoms with van der Waals surface area (Å²) >= 11 is 3.54. The number of carbonyl (C=O) groups excluding carboxylic acids is 1. The van der Waals surface area contributed by atoms with Crippen LogP contribution in [-0.2, 0) is 9.53 Å². The SMILES string of the molecule is CCOC(=O)/C(=C\c1cc(Br)cc(OC)c1OC)N=P(c1ccccc1)(c1ccccc1)c1ccccc1. The number of hydrogen-bond acceptors (Lipinski definition) is 5. The van der Waals surface area contributed by atoms with Crippen molar-refractivity contribution in [2.45, 2.75) is 6.92 Å². The van der Waals surface area contributed by atoms with Crippen LogP contribution in [0, 0.1) is 0 Å². The zero-order valence-corrected chi connectivity index (χ0v) is 24.0. The van der Waals surface area contributed by atoms with Gasteiger partial charge in [0.2, 0.25) is 0 Å². The molecule has 0 saturated heterocycles. The average Bonchev–Trinajstić information content (AvgIpc) is 2.96. The van der Waals surface area contributed by atoms with Gasteiger partial charge in [-0.2, -0.15) is 0 Å². The molecule has 0 radical (unpaired) electrons. The van der Waals surface area contributed by atoms with Gasteiger partial charge in [-0.05, 0) is 25.1 Å². The van der Waals surface area contributed by atoms with Gasteiger partial charge in [-0.1, -0.05) is 107 Å². The third-order valence-corrected chi connectivity index (χ3v) is 10.0. The van der Waals surface area contributed by atoms with E-state index in [1.165, 1.54) is 0 Å². The van der Waals surface area contributed by atoms with Crippen molar-refractivity contribution in [1.29, 1.82) is 0 Å². The maximum Gasteiger partial charge on any atom is 0.356 e. The number of halogens is 1. The van der Waals surface area contributed by atoms with Gasteiger partial charge in [0, 0.05) is 25.9 Å². The number of rotatable bonds is 9. The van der Waals surface area contributed by atoms with E-state index in [0.717, 1.165) is 20.4 Å². The lowest BCUT2D eigenvalue weighted by Gasteiger charge is -2.27. The first-order valence-electron chi connectivity index (χ1n) is 12.1. The van der Waals surface area contributed by atoms with Crippen LogP contribution in [0.3, 0.4) is 0 Å². The zero-order chi connectivity index (χ0) is 27.0. The molecule has 194 valence electrons. The fourth-order valence-corrected chi connectivity index (χ4v) is 8.23. The minimum absolute atomic E-state index is 0.190. The van der Waals surface area contributed by atoms with E-state index in [4.69, 9.17) is 19.0 Å². The van der Waals surface area contributed by atoms with Crippen molar-refractivity contribution in [3.8, 4) is 11.5 Å². The van der Waals surface area contributed by atoms with Gasteiger partial charge in [0.1, 0.15) is 5.70 Å². The van der Waals surface area contributed by atoms with Gasteiger partial charge in [0.25, 0.3) is 0 Å². The molecular weight excluding hydrogens is 561 g/mol. The van der Waals surface area contributed by atoms with E-state index in [1.54, 1.807) is 27.2 Å². The molecule has 4 rings (SSSR count). The Morgan fingerprint density at radius 2 is 1.32 bits per heavy atom. The first-order chi connectivity index (χ1) is 18.5. The van der Waals surface area contributed by atoms with Gasteiger partial charge in [0.15, 0.2) is 11.5 Å². The fraction of sp³-hybridized carbons (Fsp3) is 0.129. The van der Waals surface area contributed by atoms with E-state index in [0.29, 0.717) is 17.1 Å². The lowest BCUT2D eigenvalue weighted by atomic mass is 10.1. The van der Waals surface area contributed by atoms with Gasteiger partial charge >= 0.3 is 5.97 Å². The summed E-state index contributed by atoms with van der Waals surface area (Å²) < 4.78 is 22.9. The molecule has 7 heteroatoms. The van der Waals surface area contributed by atoms with E-state index in [-0.39, 0.29) is 12.3 Å². The topological polar surface area (TPSA) is 57.1 Å². The molecule has 0 aliphatic carbocycles. The van der Waals surface area contributed by atoms with Crippen molar-refractivity contribution in [1.82, 2.24) is 0 Å². The summed E-state index contributed by atoms with van der Waals surface area (Å²) in [6.07, 6.45) is 1.72. The van der Waals surface area contributed by atoms with Crippen molar-refractivity contribution < 1.29 is 19.0 Å². The number of nitrogens with zero attached hydrogens (tertiary/aromatic N) is 1. The van der Waals surface area contributed by atoms with Crippen molar-refractivity contribution in [2.24, 2.45) is 4.74 Å². The summed E-state index contributed by atoms with van der Waals surface area (Å²) in [4.78, 5) is 13.5. The van der Waals surface area contributed by atoms with E-state index in [2.05, 4.69) is 52.3 Å². The summed E-state index contributed by atoms with van der Waals surface area (Å²) in [5.74, 6) is 0.517. The minimum atomic E-state index is -2.71. The molecule has 0 bridgehead atoms. The van der Waals surface area contributed by atoms with Crippen LogP contribution >= 0.6 is 23.0 Å². The molecule has 0 aliphatic heterocycles. The van der Waals surface area contributed by atoms with Crippen LogP contribution in [0.15, 0.2) is 118 Å². The quantitative estimate of drug-likeness (QED) is 0.126. The second-order valence-corrected chi connectivity index (χ2v) is 12.2.